The standard InChI is InChI=1S/C11H18N2OS/c1-3-10(12)11(14)13-8(2)7-9-5-4-6-15-9/h4-6,8,10H,3,7,12H2,1-2H3,(H,13,14)/t8?,10-/m0/s1. The van der Waals surface area contributed by atoms with Crippen molar-refractivity contribution < 1.29 is 4.79 Å². The summed E-state index contributed by atoms with van der Waals surface area (Å²) in [5.41, 5.74) is 5.63. The lowest BCUT2D eigenvalue weighted by molar-refractivity contribution is -0.123. The summed E-state index contributed by atoms with van der Waals surface area (Å²) in [5, 5.41) is 4.95. The number of carbonyl (C=O) groups is 1. The van der Waals surface area contributed by atoms with Crippen LogP contribution >= 0.6 is 11.3 Å². The van der Waals surface area contributed by atoms with Gasteiger partial charge in [0.15, 0.2) is 0 Å². The molecule has 4 heteroatoms. The number of carbonyl (C=O) groups excluding carboxylic acids is 1. The van der Waals surface area contributed by atoms with Gasteiger partial charge in [-0.1, -0.05) is 13.0 Å². The maximum absolute atomic E-state index is 11.5. The van der Waals surface area contributed by atoms with Gasteiger partial charge < -0.3 is 11.1 Å². The molecule has 0 aliphatic heterocycles. The topological polar surface area (TPSA) is 55.1 Å². The third-order valence-electron chi connectivity index (χ3n) is 2.25. The first-order valence-electron chi connectivity index (χ1n) is 5.21. The lowest BCUT2D eigenvalue weighted by atomic mass is 10.1. The Morgan fingerprint density at radius 1 is 1.67 bits per heavy atom. The van der Waals surface area contributed by atoms with Gasteiger partial charge in [-0.3, -0.25) is 4.79 Å². The SMILES string of the molecule is CC[C@H](N)C(=O)NC(C)Cc1cccs1. The number of amides is 1. The number of hydrogen-bond donors (Lipinski definition) is 2. The zero-order valence-corrected chi connectivity index (χ0v) is 10.0. The first-order chi connectivity index (χ1) is 7.13. The fourth-order valence-corrected chi connectivity index (χ4v) is 2.15. The van der Waals surface area contributed by atoms with E-state index in [1.807, 2.05) is 25.3 Å². The first-order valence-corrected chi connectivity index (χ1v) is 6.09. The average molecular weight is 226 g/mol. The predicted molar refractivity (Wildman–Crippen MR) is 63.9 cm³/mol. The maximum Gasteiger partial charge on any atom is 0.237 e. The summed E-state index contributed by atoms with van der Waals surface area (Å²) in [5.74, 6) is -0.0541. The van der Waals surface area contributed by atoms with E-state index in [4.69, 9.17) is 5.73 Å². The van der Waals surface area contributed by atoms with E-state index in [1.54, 1.807) is 11.3 Å². The lowest BCUT2D eigenvalue weighted by Gasteiger charge is -2.15. The minimum Gasteiger partial charge on any atom is -0.352 e. The summed E-state index contributed by atoms with van der Waals surface area (Å²) < 4.78 is 0. The fourth-order valence-electron chi connectivity index (χ4n) is 1.32. The molecule has 2 atom stereocenters. The minimum absolute atomic E-state index is 0.0541. The molecule has 1 aromatic heterocycles. The highest BCUT2D eigenvalue weighted by molar-refractivity contribution is 7.09. The van der Waals surface area contributed by atoms with Crippen LogP contribution in [-0.2, 0) is 11.2 Å². The molecule has 3 nitrogen and oxygen atoms in total. The molecule has 1 unspecified atom stereocenters. The number of thiophene rings is 1. The molecule has 1 amide bonds. The van der Waals surface area contributed by atoms with Crippen LogP contribution in [0.2, 0.25) is 0 Å². The molecular formula is C11H18N2OS. The Morgan fingerprint density at radius 2 is 2.40 bits per heavy atom. The van der Waals surface area contributed by atoms with Gasteiger partial charge in [0.2, 0.25) is 5.91 Å². The molecule has 15 heavy (non-hydrogen) atoms. The molecule has 0 aromatic carbocycles. The van der Waals surface area contributed by atoms with Crippen LogP contribution in [0.3, 0.4) is 0 Å². The number of rotatable bonds is 5. The summed E-state index contributed by atoms with van der Waals surface area (Å²) in [6.07, 6.45) is 1.55. The van der Waals surface area contributed by atoms with Gasteiger partial charge in [-0.2, -0.15) is 0 Å². The quantitative estimate of drug-likeness (QED) is 0.800. The highest BCUT2D eigenvalue weighted by Gasteiger charge is 2.13. The van der Waals surface area contributed by atoms with Gasteiger partial charge in [-0.05, 0) is 24.8 Å². The summed E-state index contributed by atoms with van der Waals surface area (Å²) in [6.45, 7) is 3.91. The van der Waals surface area contributed by atoms with Crippen molar-refractivity contribution >= 4 is 17.2 Å². The van der Waals surface area contributed by atoms with Crippen LogP contribution in [0.25, 0.3) is 0 Å². The molecule has 0 fully saturated rings. The second kappa shape index (κ2) is 5.88. The highest BCUT2D eigenvalue weighted by Crippen LogP contribution is 2.10. The van der Waals surface area contributed by atoms with Gasteiger partial charge in [-0.25, -0.2) is 0 Å². The van der Waals surface area contributed by atoms with Crippen molar-refractivity contribution in [2.45, 2.75) is 38.8 Å². The zero-order valence-electron chi connectivity index (χ0n) is 9.19. The Labute approximate surface area is 94.7 Å². The summed E-state index contributed by atoms with van der Waals surface area (Å²) in [7, 11) is 0. The second-order valence-electron chi connectivity index (χ2n) is 3.71. The lowest BCUT2D eigenvalue weighted by Crippen LogP contribution is -2.44. The van der Waals surface area contributed by atoms with Crippen LogP contribution < -0.4 is 11.1 Å². The maximum atomic E-state index is 11.5. The van der Waals surface area contributed by atoms with Crippen molar-refractivity contribution in [1.82, 2.24) is 5.32 Å². The molecule has 0 aliphatic rings. The zero-order chi connectivity index (χ0) is 11.3. The van der Waals surface area contributed by atoms with E-state index < -0.39 is 0 Å². The molecule has 84 valence electrons. The third kappa shape index (κ3) is 4.01. The van der Waals surface area contributed by atoms with Crippen molar-refractivity contribution in [3.63, 3.8) is 0 Å². The van der Waals surface area contributed by atoms with E-state index in [1.165, 1.54) is 4.88 Å². The van der Waals surface area contributed by atoms with Crippen LogP contribution in [0.1, 0.15) is 25.1 Å². The van der Waals surface area contributed by atoms with Crippen molar-refractivity contribution in [2.75, 3.05) is 0 Å². The van der Waals surface area contributed by atoms with E-state index in [0.29, 0.717) is 6.42 Å². The Hall–Kier alpha value is -0.870. The molecule has 1 rings (SSSR count). The van der Waals surface area contributed by atoms with Gasteiger partial charge in [0.25, 0.3) is 0 Å². The van der Waals surface area contributed by atoms with E-state index in [9.17, 15) is 4.79 Å². The molecule has 1 heterocycles. The number of nitrogens with one attached hydrogen (secondary N) is 1. The van der Waals surface area contributed by atoms with Crippen LogP contribution in [0, 0.1) is 0 Å². The summed E-state index contributed by atoms with van der Waals surface area (Å²) in [4.78, 5) is 12.8. The second-order valence-corrected chi connectivity index (χ2v) is 4.74. The summed E-state index contributed by atoms with van der Waals surface area (Å²) >= 11 is 1.71. The van der Waals surface area contributed by atoms with Crippen LogP contribution in [0.4, 0.5) is 0 Å². The van der Waals surface area contributed by atoms with Crippen LogP contribution in [0.15, 0.2) is 17.5 Å². The number of hydrogen-bond acceptors (Lipinski definition) is 3. The first kappa shape index (κ1) is 12.2. The van der Waals surface area contributed by atoms with Gasteiger partial charge >= 0.3 is 0 Å². The van der Waals surface area contributed by atoms with Crippen LogP contribution in [-0.4, -0.2) is 18.0 Å². The normalized spacial score (nSPS) is 14.6. The Balaban J connectivity index is 2.36. The van der Waals surface area contributed by atoms with Gasteiger partial charge in [0.1, 0.15) is 0 Å². The Bertz CT molecular complexity index is 298. The van der Waals surface area contributed by atoms with Gasteiger partial charge in [0.05, 0.1) is 6.04 Å². The van der Waals surface area contributed by atoms with Crippen molar-refractivity contribution in [1.29, 1.82) is 0 Å². The molecule has 1 aromatic rings. The summed E-state index contributed by atoms with van der Waals surface area (Å²) in [6, 6.07) is 3.86. The predicted octanol–water partition coefficient (Wildman–Crippen LogP) is 1.53. The largest absolute Gasteiger partial charge is 0.352 e. The van der Waals surface area contributed by atoms with Gasteiger partial charge in [-0.15, -0.1) is 11.3 Å². The Morgan fingerprint density at radius 3 is 2.93 bits per heavy atom. The van der Waals surface area contributed by atoms with E-state index in [0.717, 1.165) is 6.42 Å². The van der Waals surface area contributed by atoms with Crippen molar-refractivity contribution in [3.05, 3.63) is 22.4 Å². The van der Waals surface area contributed by atoms with E-state index in [-0.39, 0.29) is 18.0 Å². The number of nitrogens with two attached hydrogens (primary N) is 1. The fraction of sp³-hybridized carbons (Fsp3) is 0.545. The third-order valence-corrected chi connectivity index (χ3v) is 3.15. The average Bonchev–Trinajstić information content (AvgIpc) is 2.68. The van der Waals surface area contributed by atoms with Crippen molar-refractivity contribution in [3.8, 4) is 0 Å². The smallest absolute Gasteiger partial charge is 0.237 e. The molecular weight excluding hydrogens is 208 g/mol. The molecule has 0 saturated carbocycles. The van der Waals surface area contributed by atoms with E-state index in [2.05, 4.69) is 11.4 Å². The molecule has 3 N–H and O–H groups in total. The Kier molecular flexibility index (Phi) is 4.78. The monoisotopic (exact) mass is 226 g/mol. The molecule has 0 aliphatic carbocycles. The molecule has 0 saturated heterocycles. The molecule has 0 radical (unpaired) electrons. The molecule has 0 bridgehead atoms. The van der Waals surface area contributed by atoms with Gasteiger partial charge in [0, 0.05) is 17.3 Å². The van der Waals surface area contributed by atoms with Crippen LogP contribution in [0.5, 0.6) is 0 Å². The van der Waals surface area contributed by atoms with E-state index >= 15 is 0 Å². The minimum atomic E-state index is -0.379. The van der Waals surface area contributed by atoms with Crippen molar-refractivity contribution in [2.24, 2.45) is 5.73 Å². The molecule has 0 spiro atoms. The highest BCUT2D eigenvalue weighted by atomic mass is 32.1.